The molecule has 1 heterocycles. The van der Waals surface area contributed by atoms with Crippen molar-refractivity contribution < 1.29 is 18.7 Å². The molecule has 6 heteroatoms. The summed E-state index contributed by atoms with van der Waals surface area (Å²) in [5.41, 5.74) is 0.806. The van der Waals surface area contributed by atoms with Gasteiger partial charge in [-0.05, 0) is 43.9 Å². The van der Waals surface area contributed by atoms with Crippen LogP contribution in [0.1, 0.15) is 25.5 Å². The molecule has 1 spiro atoms. The van der Waals surface area contributed by atoms with E-state index in [-0.39, 0.29) is 35.1 Å². The van der Waals surface area contributed by atoms with E-state index in [1.165, 1.54) is 6.26 Å². The lowest BCUT2D eigenvalue weighted by Gasteiger charge is -2.24. The van der Waals surface area contributed by atoms with Crippen molar-refractivity contribution in [3.05, 3.63) is 24.1 Å². The minimum Gasteiger partial charge on any atom is -0.466 e. The molecule has 4 atom stereocenters. The highest BCUT2D eigenvalue weighted by atomic mass is 16.5. The van der Waals surface area contributed by atoms with Crippen molar-refractivity contribution in [1.82, 2.24) is 4.98 Å². The third-order valence-corrected chi connectivity index (χ3v) is 5.55. The summed E-state index contributed by atoms with van der Waals surface area (Å²) >= 11 is 0. The van der Waals surface area contributed by atoms with Crippen LogP contribution < -0.4 is 5.32 Å². The molecule has 1 N–H and O–H groups in total. The Bertz CT molecular complexity index is 689. The molecule has 4 rings (SSSR count). The van der Waals surface area contributed by atoms with Crippen LogP contribution >= 0.6 is 0 Å². The topological polar surface area (TPSA) is 81.4 Å². The molecule has 0 saturated heterocycles. The molecule has 0 unspecified atom stereocenters. The molecule has 0 aromatic carbocycles. The van der Waals surface area contributed by atoms with Crippen LogP contribution in [0.4, 0.5) is 6.01 Å². The van der Waals surface area contributed by atoms with Crippen molar-refractivity contribution in [1.29, 1.82) is 0 Å². The minimum atomic E-state index is -0.404. The average molecular weight is 316 g/mol. The first-order valence-corrected chi connectivity index (χ1v) is 8.15. The Morgan fingerprint density at radius 1 is 1.35 bits per heavy atom. The number of rotatable bonds is 4. The molecule has 1 aromatic rings. The van der Waals surface area contributed by atoms with Crippen molar-refractivity contribution >= 4 is 17.9 Å². The maximum Gasteiger partial charge on any atom is 0.310 e. The first kappa shape index (κ1) is 14.5. The smallest absolute Gasteiger partial charge is 0.310 e. The molecule has 2 fully saturated rings. The van der Waals surface area contributed by atoms with Gasteiger partial charge >= 0.3 is 12.0 Å². The van der Waals surface area contributed by atoms with Gasteiger partial charge in [0.05, 0.1) is 24.1 Å². The standard InChI is InChI=1S/C17H20N2O4/c1-3-22-15(21)13-11-5-4-10(17(11)6-7-17)12(13)14(20)19-16-18-9(2)8-23-16/h4-5,8,10-13H,3,6-7H2,1-2H3,(H,18,19,20)/t10-,11+,12+,13+/m0/s1. The predicted octanol–water partition coefficient (Wildman–Crippen LogP) is 2.31. The van der Waals surface area contributed by atoms with Crippen molar-refractivity contribution in [2.45, 2.75) is 26.7 Å². The molecule has 0 aliphatic heterocycles. The van der Waals surface area contributed by atoms with Gasteiger partial charge < -0.3 is 9.15 Å². The van der Waals surface area contributed by atoms with Crippen LogP contribution in [0.2, 0.25) is 0 Å². The Kier molecular flexibility index (Phi) is 3.11. The third-order valence-electron chi connectivity index (χ3n) is 5.55. The first-order chi connectivity index (χ1) is 11.1. The number of hydrogen-bond acceptors (Lipinski definition) is 5. The van der Waals surface area contributed by atoms with E-state index < -0.39 is 11.8 Å². The fraction of sp³-hybridized carbons (Fsp3) is 0.588. The lowest BCUT2D eigenvalue weighted by atomic mass is 9.82. The van der Waals surface area contributed by atoms with Crippen molar-refractivity contribution in [3.8, 4) is 0 Å². The largest absolute Gasteiger partial charge is 0.466 e. The number of ether oxygens (including phenoxy) is 1. The number of oxazole rings is 1. The minimum absolute atomic E-state index is 0.103. The summed E-state index contributed by atoms with van der Waals surface area (Å²) < 4.78 is 10.5. The van der Waals surface area contributed by atoms with Gasteiger partial charge in [0.15, 0.2) is 0 Å². The van der Waals surface area contributed by atoms with E-state index in [0.29, 0.717) is 12.3 Å². The Morgan fingerprint density at radius 3 is 2.61 bits per heavy atom. The summed E-state index contributed by atoms with van der Waals surface area (Å²) in [4.78, 5) is 29.4. The number of carbonyl (C=O) groups is 2. The molecule has 1 amide bonds. The number of anilines is 1. The molecule has 3 aliphatic carbocycles. The quantitative estimate of drug-likeness (QED) is 0.681. The number of aryl methyl sites for hydroxylation is 1. The summed E-state index contributed by atoms with van der Waals surface area (Å²) in [6.45, 7) is 3.91. The van der Waals surface area contributed by atoms with Crippen LogP contribution in [-0.4, -0.2) is 23.5 Å². The molecule has 1 aromatic heterocycles. The molecule has 2 bridgehead atoms. The lowest BCUT2D eigenvalue weighted by molar-refractivity contribution is -0.152. The van der Waals surface area contributed by atoms with Gasteiger partial charge in [-0.1, -0.05) is 12.2 Å². The van der Waals surface area contributed by atoms with Crippen LogP contribution in [0.3, 0.4) is 0 Å². The number of nitrogens with zero attached hydrogens (tertiary/aromatic N) is 1. The van der Waals surface area contributed by atoms with Crippen molar-refractivity contribution in [2.24, 2.45) is 29.1 Å². The van der Waals surface area contributed by atoms with Crippen LogP contribution in [0.5, 0.6) is 0 Å². The maximum atomic E-state index is 12.8. The van der Waals surface area contributed by atoms with Crippen molar-refractivity contribution in [3.63, 3.8) is 0 Å². The predicted molar refractivity (Wildman–Crippen MR) is 81.3 cm³/mol. The number of esters is 1. The average Bonchev–Trinajstić information content (AvgIpc) is 3.01. The molecular formula is C17H20N2O4. The third kappa shape index (κ3) is 2.04. The zero-order valence-electron chi connectivity index (χ0n) is 13.2. The van der Waals surface area contributed by atoms with Crippen molar-refractivity contribution in [2.75, 3.05) is 11.9 Å². The van der Waals surface area contributed by atoms with Gasteiger partial charge in [-0.25, -0.2) is 0 Å². The second-order valence-electron chi connectivity index (χ2n) is 6.76. The number of carbonyl (C=O) groups excluding carboxylic acids is 2. The Labute approximate surface area is 134 Å². The molecule has 6 nitrogen and oxygen atoms in total. The molecule has 122 valence electrons. The summed E-state index contributed by atoms with van der Waals surface area (Å²) in [5.74, 6) is -1.04. The number of allylic oxidation sites excluding steroid dienone is 2. The van der Waals surface area contributed by atoms with E-state index in [1.54, 1.807) is 13.8 Å². The van der Waals surface area contributed by atoms with Gasteiger partial charge in [0.2, 0.25) is 5.91 Å². The highest BCUT2D eigenvalue weighted by molar-refractivity contribution is 5.95. The first-order valence-electron chi connectivity index (χ1n) is 8.15. The highest BCUT2D eigenvalue weighted by Gasteiger charge is 2.70. The lowest BCUT2D eigenvalue weighted by Crippen LogP contribution is -2.37. The Hall–Kier alpha value is -2.11. The fourth-order valence-electron chi connectivity index (χ4n) is 4.52. The maximum absolute atomic E-state index is 12.8. The van der Waals surface area contributed by atoms with Gasteiger partial charge in [-0.15, -0.1) is 0 Å². The van der Waals surface area contributed by atoms with E-state index in [2.05, 4.69) is 22.5 Å². The summed E-state index contributed by atoms with van der Waals surface area (Å²) in [5, 5.41) is 2.72. The van der Waals surface area contributed by atoms with Gasteiger partial charge in [0, 0.05) is 0 Å². The number of hydrogen-bond donors (Lipinski definition) is 1. The van der Waals surface area contributed by atoms with E-state index in [9.17, 15) is 9.59 Å². The van der Waals surface area contributed by atoms with E-state index in [4.69, 9.17) is 9.15 Å². The molecular weight excluding hydrogens is 296 g/mol. The van der Waals surface area contributed by atoms with Gasteiger partial charge in [0.1, 0.15) is 6.26 Å². The normalized spacial score (nSPS) is 32.3. The number of amides is 1. The monoisotopic (exact) mass is 316 g/mol. The zero-order valence-corrected chi connectivity index (χ0v) is 13.2. The second kappa shape index (κ2) is 4.94. The zero-order chi connectivity index (χ0) is 16.2. The molecule has 23 heavy (non-hydrogen) atoms. The summed E-state index contributed by atoms with van der Waals surface area (Å²) in [6, 6.07) is 0.187. The van der Waals surface area contributed by atoms with E-state index in [0.717, 1.165) is 12.8 Å². The summed E-state index contributed by atoms with van der Waals surface area (Å²) in [7, 11) is 0. The van der Waals surface area contributed by atoms with Gasteiger partial charge in [-0.3, -0.25) is 14.9 Å². The van der Waals surface area contributed by atoms with Crippen LogP contribution in [0.25, 0.3) is 0 Å². The van der Waals surface area contributed by atoms with E-state index >= 15 is 0 Å². The van der Waals surface area contributed by atoms with Crippen LogP contribution in [0, 0.1) is 36.0 Å². The van der Waals surface area contributed by atoms with Crippen LogP contribution in [0.15, 0.2) is 22.8 Å². The van der Waals surface area contributed by atoms with Gasteiger partial charge in [-0.2, -0.15) is 4.98 Å². The molecule has 2 saturated carbocycles. The highest BCUT2D eigenvalue weighted by Crippen LogP contribution is 2.72. The Balaban J connectivity index is 1.61. The molecule has 3 aliphatic rings. The van der Waals surface area contributed by atoms with E-state index in [1.807, 2.05) is 0 Å². The number of aromatic nitrogens is 1. The van der Waals surface area contributed by atoms with Gasteiger partial charge in [0.25, 0.3) is 0 Å². The second-order valence-corrected chi connectivity index (χ2v) is 6.76. The summed E-state index contributed by atoms with van der Waals surface area (Å²) in [6.07, 6.45) is 7.86. The Morgan fingerprint density at radius 2 is 2.04 bits per heavy atom. The van der Waals surface area contributed by atoms with Crippen LogP contribution in [-0.2, 0) is 14.3 Å². The molecule has 0 radical (unpaired) electrons. The fourth-order valence-corrected chi connectivity index (χ4v) is 4.52. The number of nitrogens with one attached hydrogen (secondary N) is 1. The SMILES string of the molecule is CCOC(=O)[C@H]1[C@H](C(=O)Nc2nc(C)co2)[C@@H]2C=C[C@H]1C21CC1.